The van der Waals surface area contributed by atoms with Crippen molar-refractivity contribution in [2.24, 2.45) is 0 Å². The van der Waals surface area contributed by atoms with E-state index in [-0.39, 0.29) is 48.9 Å². The van der Waals surface area contributed by atoms with Gasteiger partial charge in [-0.3, -0.25) is 0 Å². The summed E-state index contributed by atoms with van der Waals surface area (Å²) in [5, 5.41) is 29.7. The molecule has 0 radical (unpaired) electrons. The van der Waals surface area contributed by atoms with E-state index in [9.17, 15) is 19.8 Å². The number of fused-ring (bicyclic) bond motifs is 4. The molecule has 6 aromatic rings. The quantitative estimate of drug-likeness (QED) is 0.272. The number of aromatic carboxylic acids is 2. The average Bonchev–Trinajstić information content (AvgIpc) is 2.85. The van der Waals surface area contributed by atoms with Gasteiger partial charge in [-0.1, -0.05) is 84.9 Å². The van der Waals surface area contributed by atoms with Crippen molar-refractivity contribution in [3.05, 3.63) is 120 Å². The van der Waals surface area contributed by atoms with Gasteiger partial charge in [0, 0.05) is 11.1 Å². The zero-order valence-electron chi connectivity index (χ0n) is 18.7. The van der Waals surface area contributed by atoms with Crippen LogP contribution < -0.4 is 10.2 Å². The van der Waals surface area contributed by atoms with Crippen LogP contribution in [-0.4, -0.2) is 49.7 Å². The summed E-state index contributed by atoms with van der Waals surface area (Å²) in [4.78, 5) is 22.1. The molecule has 0 saturated carbocycles. The molecule has 5 heteroatoms. The maximum absolute atomic E-state index is 11.0. The summed E-state index contributed by atoms with van der Waals surface area (Å²) in [6.07, 6.45) is 0. The van der Waals surface area contributed by atoms with E-state index in [1.807, 2.05) is 84.9 Å². The van der Waals surface area contributed by atoms with E-state index in [4.69, 9.17) is 0 Å². The molecule has 0 atom stereocenters. The van der Waals surface area contributed by atoms with Crippen LogP contribution >= 0.6 is 0 Å². The van der Waals surface area contributed by atoms with Gasteiger partial charge in [0.25, 0.3) is 0 Å². The van der Waals surface area contributed by atoms with Crippen LogP contribution in [0.5, 0.6) is 0 Å². The number of rotatable bonds is 2. The fourth-order valence-electron chi connectivity index (χ4n) is 4.29. The van der Waals surface area contributed by atoms with Gasteiger partial charge in [0.1, 0.15) is 0 Å². The van der Waals surface area contributed by atoms with Gasteiger partial charge in [-0.2, -0.15) is 0 Å². The van der Waals surface area contributed by atoms with Crippen LogP contribution in [0.3, 0.4) is 0 Å². The minimum absolute atomic E-state index is 0. The molecule has 164 valence electrons. The Bertz CT molecular complexity index is 1590. The van der Waals surface area contributed by atoms with Gasteiger partial charge in [0.15, 0.2) is 0 Å². The third-order valence-electron chi connectivity index (χ3n) is 5.93. The summed E-state index contributed by atoms with van der Waals surface area (Å²) in [7, 11) is 0. The summed E-state index contributed by atoms with van der Waals surface area (Å²) in [5.41, 5.74) is 0.488. The molecular formula is C30H18CaO4. The van der Waals surface area contributed by atoms with Crippen molar-refractivity contribution in [1.82, 2.24) is 0 Å². The van der Waals surface area contributed by atoms with Crippen LogP contribution in [0.15, 0.2) is 109 Å². The second-order valence-electron chi connectivity index (χ2n) is 8.03. The van der Waals surface area contributed by atoms with E-state index in [0.717, 1.165) is 43.1 Å². The van der Waals surface area contributed by atoms with Crippen LogP contribution in [-0.2, 0) is 0 Å². The normalized spacial score (nSPS) is 10.5. The van der Waals surface area contributed by atoms with Gasteiger partial charge in [-0.25, -0.2) is 0 Å². The first-order valence-electron chi connectivity index (χ1n) is 10.8. The first-order chi connectivity index (χ1) is 16.5. The summed E-state index contributed by atoms with van der Waals surface area (Å²) in [6, 6.07) is 34.0. The Balaban J connectivity index is 0.000000160. The second-order valence-corrected chi connectivity index (χ2v) is 8.03. The smallest absolute Gasteiger partial charge is 0.545 e. The van der Waals surface area contributed by atoms with Gasteiger partial charge in [-0.15, -0.1) is 0 Å². The number of carbonyl (C=O) groups excluding carboxylic acids is 2. The van der Waals surface area contributed by atoms with E-state index in [1.54, 1.807) is 24.3 Å². The van der Waals surface area contributed by atoms with Gasteiger partial charge in [0.05, 0.1) is 11.9 Å². The molecule has 0 heterocycles. The van der Waals surface area contributed by atoms with Gasteiger partial charge >= 0.3 is 37.7 Å². The first-order valence-corrected chi connectivity index (χ1v) is 10.8. The molecule has 6 aromatic carbocycles. The molecule has 0 spiro atoms. The van der Waals surface area contributed by atoms with Crippen LogP contribution in [0.25, 0.3) is 43.1 Å². The largest absolute Gasteiger partial charge is 2.00 e. The molecule has 0 aliphatic rings. The molecule has 35 heavy (non-hydrogen) atoms. The molecule has 0 bridgehead atoms. The maximum Gasteiger partial charge on any atom is 2.00 e. The molecule has 0 saturated heterocycles. The number of carboxylic acids is 2. The Hall–Kier alpha value is -3.44. The first kappa shape index (κ1) is 24.7. The molecular weight excluding hydrogens is 464 g/mol. The number of benzene rings is 6. The van der Waals surface area contributed by atoms with E-state index >= 15 is 0 Å². The maximum atomic E-state index is 11.0. The number of carbonyl (C=O) groups is 2. The molecule has 0 aliphatic carbocycles. The van der Waals surface area contributed by atoms with Crippen LogP contribution in [0.1, 0.15) is 20.7 Å². The molecule has 4 nitrogen and oxygen atoms in total. The van der Waals surface area contributed by atoms with Crippen molar-refractivity contribution >= 4 is 92.8 Å². The Morgan fingerprint density at radius 2 is 0.743 bits per heavy atom. The molecule has 0 aliphatic heterocycles. The zero-order chi connectivity index (χ0) is 23.7. The molecule has 0 aromatic heterocycles. The van der Waals surface area contributed by atoms with Crippen molar-refractivity contribution in [2.75, 3.05) is 0 Å². The van der Waals surface area contributed by atoms with Crippen molar-refractivity contribution in [1.29, 1.82) is 0 Å². The predicted octanol–water partition coefficient (Wildman–Crippen LogP) is 4.33. The summed E-state index contributed by atoms with van der Waals surface area (Å²) < 4.78 is 0. The van der Waals surface area contributed by atoms with Crippen LogP contribution in [0.2, 0.25) is 0 Å². The van der Waals surface area contributed by atoms with Crippen molar-refractivity contribution in [3.63, 3.8) is 0 Å². The molecule has 0 unspecified atom stereocenters. The Labute approximate surface area is 231 Å². The Kier molecular flexibility index (Phi) is 7.36. The zero-order valence-corrected chi connectivity index (χ0v) is 20.9. The van der Waals surface area contributed by atoms with Crippen LogP contribution in [0.4, 0.5) is 0 Å². The Morgan fingerprint density at radius 3 is 1.09 bits per heavy atom. The minimum Gasteiger partial charge on any atom is -0.545 e. The van der Waals surface area contributed by atoms with Crippen LogP contribution in [0, 0.1) is 0 Å². The van der Waals surface area contributed by atoms with Crippen molar-refractivity contribution in [2.45, 2.75) is 0 Å². The van der Waals surface area contributed by atoms with Crippen molar-refractivity contribution < 1.29 is 19.8 Å². The number of hydrogen-bond acceptors (Lipinski definition) is 4. The number of hydrogen-bond donors (Lipinski definition) is 0. The Morgan fingerprint density at radius 1 is 0.429 bits per heavy atom. The van der Waals surface area contributed by atoms with E-state index in [1.165, 1.54) is 0 Å². The SMILES string of the molecule is O=C([O-])c1cccc2cc3ccccc3cc12.O=C([O-])c1cccc2cc3ccccc3cc12.[Ca+2]. The molecule has 6 rings (SSSR count). The third kappa shape index (κ3) is 5.01. The molecule has 0 fully saturated rings. The second kappa shape index (κ2) is 10.4. The fourth-order valence-corrected chi connectivity index (χ4v) is 4.29. The van der Waals surface area contributed by atoms with Gasteiger partial charge in [-0.05, 0) is 67.4 Å². The van der Waals surface area contributed by atoms with Crippen molar-refractivity contribution in [3.8, 4) is 0 Å². The van der Waals surface area contributed by atoms with Gasteiger partial charge in [0.2, 0.25) is 0 Å². The van der Waals surface area contributed by atoms with E-state index in [2.05, 4.69) is 0 Å². The number of carboxylic acid groups (broad SMARTS) is 2. The summed E-state index contributed by atoms with van der Waals surface area (Å²) >= 11 is 0. The van der Waals surface area contributed by atoms with Gasteiger partial charge < -0.3 is 19.8 Å². The monoisotopic (exact) mass is 482 g/mol. The molecule has 0 amide bonds. The topological polar surface area (TPSA) is 80.3 Å². The molecule has 0 N–H and O–H groups in total. The summed E-state index contributed by atoms with van der Waals surface area (Å²) in [6.45, 7) is 0. The summed E-state index contributed by atoms with van der Waals surface area (Å²) in [5.74, 6) is -2.27. The minimum atomic E-state index is -1.13. The van der Waals surface area contributed by atoms with E-state index < -0.39 is 11.9 Å². The predicted molar refractivity (Wildman–Crippen MR) is 137 cm³/mol. The fraction of sp³-hybridized carbons (Fsp3) is 0. The third-order valence-corrected chi connectivity index (χ3v) is 5.93. The average molecular weight is 483 g/mol. The van der Waals surface area contributed by atoms with E-state index in [0.29, 0.717) is 0 Å². The standard InChI is InChI=1S/2C15H10O2.Ca/c2*16-15(17)13-7-3-6-12-8-10-4-1-2-5-11(10)9-14(12)13;/h2*1-9H,(H,16,17);/q;;+2/p-2.